The van der Waals surface area contributed by atoms with Gasteiger partial charge in [-0.15, -0.1) is 0 Å². The van der Waals surface area contributed by atoms with Gasteiger partial charge in [0.2, 0.25) is 17.7 Å². The van der Waals surface area contributed by atoms with Crippen LogP contribution in [0.3, 0.4) is 0 Å². The third-order valence-corrected chi connectivity index (χ3v) is 24.7. The summed E-state index contributed by atoms with van der Waals surface area (Å²) >= 11 is 0.506. The summed E-state index contributed by atoms with van der Waals surface area (Å²) in [5.74, 6) is -12.0. The van der Waals surface area contributed by atoms with Gasteiger partial charge in [0.15, 0.2) is 15.5 Å². The summed E-state index contributed by atoms with van der Waals surface area (Å²) in [5, 5.41) is -1.84. The van der Waals surface area contributed by atoms with E-state index in [2.05, 4.69) is 15.0 Å². The van der Waals surface area contributed by atoms with Gasteiger partial charge in [0.05, 0.1) is 46.0 Å². The Morgan fingerprint density at radius 2 is 0.757 bits per heavy atom. The van der Waals surface area contributed by atoms with Crippen molar-refractivity contribution in [1.82, 2.24) is 58.1 Å². The number of aromatic nitrogens is 6. The zero-order chi connectivity index (χ0) is 140. The highest BCUT2D eigenvalue weighted by Crippen LogP contribution is 2.39. The maximum atomic E-state index is 14.9. The molecule has 9 aromatic carbocycles. The summed E-state index contributed by atoms with van der Waals surface area (Å²) in [6, 6.07) is 10.8. The molecule has 3 unspecified atom stereocenters. The fourth-order valence-electron chi connectivity index (χ4n) is 14.7. The fraction of sp³-hybridized carbons (Fsp3) is 0.378. The lowest BCUT2D eigenvalue weighted by Gasteiger charge is -2.33. The molecule has 0 radical (unpaired) electrons. The van der Waals surface area contributed by atoms with E-state index in [9.17, 15) is 88.3 Å². The van der Waals surface area contributed by atoms with Gasteiger partial charge in [-0.3, -0.25) is 28.8 Å². The van der Waals surface area contributed by atoms with Crippen LogP contribution in [0, 0.1) is 29.2 Å². The monoisotopic (exact) mass is 2080 g/mol. The first-order valence-corrected chi connectivity index (χ1v) is 46.7. The highest BCUT2D eigenvalue weighted by Gasteiger charge is 2.36. The summed E-state index contributed by atoms with van der Waals surface area (Å²) in [5.41, 5.74) is -21.2. The highest BCUT2D eigenvalue weighted by atomic mass is 32.2. The molecule has 3 aliphatic carbocycles. The Morgan fingerprint density at radius 1 is 0.403 bits per heavy atom. The largest absolute Gasteiger partial charge is 0.416 e. The van der Waals surface area contributed by atoms with Crippen molar-refractivity contribution in [3.8, 4) is 33.4 Å². The Labute approximate surface area is 902 Å². The second-order valence-corrected chi connectivity index (χ2v) is 33.9. The lowest BCUT2D eigenvalue weighted by atomic mass is 9.99. The number of likely N-dealkylation sites (N-methyl/N-ethyl adjacent to an activating group) is 3. The number of rotatable bonds is 39. The molecule has 0 saturated heterocycles. The van der Waals surface area contributed by atoms with E-state index < -0.39 is 353 Å². The quantitative estimate of drug-likeness (QED) is 0.0202. The number of carbonyl (C=O) groups is 3. The molecular formula is C111H120F12N12O6S3. The standard InChI is InChI=1S/3C37H40F4N4O2S/c2*1-4-43(5-2)18-19-44(22-26-6-10-28(11-7-26)29-12-14-30(15-13-29)37(39,40)41)34(46)23-45-33-21-25(3)20-32(33)35(47)42-36(45)48-24-27-8-16-31(38)17-9-27;1-4-43(5-2)21-22-44(25(3)27-11-13-28(14-12-27)29-15-17-30(18-16-29)37(39,40)41)34(46)23-45-33-8-6-7-32(33)35(47)42-36(45)48-24-26-9-19-31(38)20-10-26/h2*6-17,25H,4-5,18-24H2,1-3H3;9-20,25H,4-8,21-24H2,1-3H3/i6D,7D,8D,9D,10D,11D,12D,13D,14D,15D,16D,17D,20D2,21D2,22D2,24D2,25D;4D2,5D2,20D2,21D2,22D2,24D2,25D;4D2,5D2,24D2,25D. The molecule has 0 spiro atoms. The molecule has 0 aliphatic heterocycles. The average Bonchev–Trinajstić information content (AvgIpc) is 1.53. The van der Waals surface area contributed by atoms with Crippen molar-refractivity contribution in [2.24, 2.45) is 11.8 Å². The summed E-state index contributed by atoms with van der Waals surface area (Å²) < 4.78 is 519. The summed E-state index contributed by atoms with van der Waals surface area (Å²) in [6.07, 6.45) is -25.8. The minimum absolute atomic E-state index is 0.0920. The molecule has 0 N–H and O–H groups in total. The van der Waals surface area contributed by atoms with Crippen LogP contribution in [0.15, 0.2) is 248 Å². The number of fused-ring (bicyclic) bond motifs is 3. The van der Waals surface area contributed by atoms with E-state index >= 15 is 0 Å². The minimum Gasteiger partial charge on any atom is -0.336 e. The first-order chi connectivity index (χ1) is 84.4. The topological polar surface area (TPSA) is 175 Å². The van der Waals surface area contributed by atoms with Crippen molar-refractivity contribution in [3.05, 3.63) is 350 Å². The number of halogens is 12. The van der Waals surface area contributed by atoms with Gasteiger partial charge in [-0.1, -0.05) is 236 Å². The first-order valence-electron chi connectivity index (χ1n) is 64.7. The van der Waals surface area contributed by atoms with Gasteiger partial charge in [0.25, 0.3) is 16.7 Å². The van der Waals surface area contributed by atoms with Crippen LogP contribution < -0.4 is 16.7 Å². The van der Waals surface area contributed by atoms with Gasteiger partial charge in [0, 0.05) is 136 Å². The van der Waals surface area contributed by atoms with Crippen molar-refractivity contribution in [2.45, 2.75) is 197 Å². The highest BCUT2D eigenvalue weighted by molar-refractivity contribution is 7.98. The number of nitrogens with zero attached hydrogens (tertiary/aromatic N) is 12. The second-order valence-electron chi connectivity index (χ2n) is 31.6. The lowest BCUT2D eigenvalue weighted by Crippen LogP contribution is -2.42. The Bertz CT molecular complexity index is 8740. The number of carbonyl (C=O) groups excluding carboxylic acids is 3. The van der Waals surface area contributed by atoms with E-state index in [0.29, 0.717) is 88.4 Å². The molecule has 33 heteroatoms. The van der Waals surface area contributed by atoms with Crippen LogP contribution >= 0.6 is 35.3 Å². The second kappa shape index (κ2) is 50.3. The van der Waals surface area contributed by atoms with Crippen LogP contribution in [0.5, 0.6) is 0 Å². The van der Waals surface area contributed by atoms with Crippen molar-refractivity contribution >= 4 is 53.0 Å². The number of hydrogen-bond donors (Lipinski definition) is 0. The smallest absolute Gasteiger partial charge is 0.336 e. The molecule has 3 aromatic heterocycles. The lowest BCUT2D eigenvalue weighted by molar-refractivity contribution is -0.138. The number of benzene rings is 9. The van der Waals surface area contributed by atoms with Crippen LogP contribution in [0.4, 0.5) is 52.7 Å². The van der Waals surface area contributed by atoms with Crippen LogP contribution in [-0.4, -0.2) is 154 Å². The molecule has 0 bridgehead atoms. The maximum absolute atomic E-state index is 14.9. The van der Waals surface area contributed by atoms with E-state index in [1.54, 1.807) is 43.0 Å². The van der Waals surface area contributed by atoms with Crippen molar-refractivity contribution < 1.29 is 123 Å². The third-order valence-electron chi connectivity index (χ3n) is 22.3. The predicted molar refractivity (Wildman–Crippen MR) is 544 cm³/mol. The summed E-state index contributed by atoms with van der Waals surface area (Å²) in [4.78, 5) is 102. The third kappa shape index (κ3) is 29.3. The van der Waals surface area contributed by atoms with Crippen LogP contribution in [0.25, 0.3) is 33.4 Å². The number of thioether (sulfide) groups is 3. The van der Waals surface area contributed by atoms with E-state index in [0.717, 1.165) is 98.2 Å². The Kier molecular flexibility index (Phi) is 23.1. The van der Waals surface area contributed by atoms with Gasteiger partial charge >= 0.3 is 18.5 Å². The molecule has 3 amide bonds. The summed E-state index contributed by atoms with van der Waals surface area (Å²) in [6.45, 7) is -10.3. The van der Waals surface area contributed by atoms with E-state index in [4.69, 9.17) is 49.3 Å². The maximum Gasteiger partial charge on any atom is 0.416 e. The van der Waals surface area contributed by atoms with Gasteiger partial charge in [-0.25, -0.2) is 13.2 Å². The molecule has 0 saturated carbocycles. The minimum atomic E-state index is -5.40. The molecule has 762 valence electrons. The van der Waals surface area contributed by atoms with E-state index in [-0.39, 0.29) is 83.7 Å². The number of hydrogen-bond acceptors (Lipinski definition) is 15. The molecule has 3 atom stereocenters. The predicted octanol–water partition coefficient (Wildman–Crippen LogP) is 22.7. The van der Waals surface area contributed by atoms with Crippen molar-refractivity contribution in [1.29, 1.82) is 0 Å². The zero-order valence-corrected chi connectivity index (χ0v) is 80.8. The molecule has 0 fully saturated rings. The molecule has 3 aliphatic rings. The normalized spacial score (nSPS) is 21.8. The zero-order valence-electron chi connectivity index (χ0n) is 119. The number of amides is 3. The van der Waals surface area contributed by atoms with Gasteiger partial charge in [0.1, 0.15) is 37.1 Å². The Morgan fingerprint density at radius 3 is 1.17 bits per heavy atom. The molecular weight excluding hydrogens is 1920 g/mol. The molecule has 15 rings (SSSR count). The van der Waals surface area contributed by atoms with Gasteiger partial charge in [-0.05, 0) is 242 Å². The van der Waals surface area contributed by atoms with Crippen molar-refractivity contribution in [2.75, 3.05) is 78.3 Å². The first kappa shape index (κ1) is 66.3. The van der Waals surface area contributed by atoms with E-state index in [1.165, 1.54) is 86.0 Å². The number of alkyl halides is 9. The molecule has 12 aromatic rings. The molecule has 18 nitrogen and oxygen atoms in total. The van der Waals surface area contributed by atoms with Crippen LogP contribution in [0.2, 0.25) is 0 Å². The van der Waals surface area contributed by atoms with Gasteiger partial charge < -0.3 is 43.1 Å². The van der Waals surface area contributed by atoms with Gasteiger partial charge in [-0.2, -0.15) is 54.5 Å². The SMILES string of the molecule is [2H]C([2H])(Sc1nc(=O)c2c(n1CC(=O)N(CCN(C([2H])([2H])C)C([2H])([2H])C)C([2H])(C)c1ccc(-c3ccc(C(F)(F)F)cc3)cc1)CCC2)c1ccc(F)cc1.[2H]C([2H])(Sc1nc(=O)c2c(n1CC(=O)N(CCN(C([2H])([2H])C)C([2H])([2H])C)C([2H])([2H])c1ccc(-c3ccc(C(F)(F)F)cc3)cc1)C([2H])([2H])C([2H])(C)C2([2H])[2H])c1ccc(F)cc1.[2H]c1c([2H])c(C([2H])([2H])Sc2nc(=O)c3c(n2CC(=O)N(CCN(CC)CC)C([2H])([2H])c2c([2H])c([2H])c(-c4c([2H])c([2H])c(C(F)(F)F)c([2H])c4[2H])c([2H])c2[2H])C([2H])([2H])C([2H])(C)C3([2H])[2H])c([2H])c([2H])c1F. The fourth-order valence-corrected chi connectivity index (χ4v) is 16.8. The average molecular weight is 2080 g/mol. The molecule has 3 heterocycles. The molecule has 144 heavy (non-hydrogen) atoms. The Balaban J connectivity index is 0.000000226. The van der Waals surface area contributed by atoms with Crippen LogP contribution in [0.1, 0.15) is 215 Å². The summed E-state index contributed by atoms with van der Waals surface area (Å²) in [7, 11) is 0. The van der Waals surface area contributed by atoms with Crippen molar-refractivity contribution in [3.63, 3.8) is 0 Å². The Hall–Kier alpha value is -11.9. The van der Waals surface area contributed by atoms with E-state index in [1.807, 2.05) is 0 Å². The van der Waals surface area contributed by atoms with Crippen LogP contribution in [-0.2, 0) is 121 Å².